The molecular weight excluding hydrogens is 416 g/mol. The Balaban J connectivity index is 1.55. The lowest BCUT2D eigenvalue weighted by atomic mass is 9.95. The maximum Gasteiger partial charge on any atom is 0.201 e. The van der Waals surface area contributed by atoms with Crippen LogP contribution in [0.4, 0.5) is 13.2 Å². The van der Waals surface area contributed by atoms with Crippen LogP contribution < -0.4 is 4.74 Å². The third-order valence-corrected chi connectivity index (χ3v) is 5.43. The molecule has 1 heterocycles. The SMILES string of the molecule is BCOc1ccc(-c2ccc(-c3ccc(C4COC(C=C)OC4)cc3F)cc2)c(F)c1F. The number of rotatable bonds is 6. The first-order chi connectivity index (χ1) is 15.5. The van der Waals surface area contributed by atoms with Gasteiger partial charge in [0.05, 0.1) is 19.7 Å². The second-order valence-corrected chi connectivity index (χ2v) is 7.46. The molecule has 0 N–H and O–H groups in total. The van der Waals surface area contributed by atoms with Crippen LogP contribution in [0.15, 0.2) is 67.3 Å². The van der Waals surface area contributed by atoms with Gasteiger partial charge in [-0.3, -0.25) is 0 Å². The van der Waals surface area contributed by atoms with E-state index in [1.807, 2.05) is 6.07 Å². The lowest BCUT2D eigenvalue weighted by Crippen LogP contribution is -2.29. The Bertz CT molecular complexity index is 1110. The quantitative estimate of drug-likeness (QED) is 0.398. The molecule has 1 aliphatic rings. The molecule has 0 unspecified atom stereocenters. The third kappa shape index (κ3) is 4.45. The number of benzene rings is 3. The van der Waals surface area contributed by atoms with Crippen molar-refractivity contribution in [2.24, 2.45) is 0 Å². The van der Waals surface area contributed by atoms with Crippen molar-refractivity contribution >= 4 is 7.85 Å². The predicted molar refractivity (Wildman–Crippen MR) is 120 cm³/mol. The van der Waals surface area contributed by atoms with Gasteiger partial charge in [-0.05, 0) is 41.0 Å². The van der Waals surface area contributed by atoms with E-state index in [1.165, 1.54) is 18.2 Å². The summed E-state index contributed by atoms with van der Waals surface area (Å²) in [7, 11) is 1.70. The molecule has 0 spiro atoms. The Hall–Kier alpha value is -3.03. The highest BCUT2D eigenvalue weighted by Crippen LogP contribution is 2.33. The van der Waals surface area contributed by atoms with Crippen LogP contribution >= 0.6 is 0 Å². The van der Waals surface area contributed by atoms with Crippen molar-refractivity contribution in [2.45, 2.75) is 12.2 Å². The van der Waals surface area contributed by atoms with E-state index < -0.39 is 17.9 Å². The normalized spacial score (nSPS) is 18.3. The summed E-state index contributed by atoms with van der Waals surface area (Å²) in [6, 6.07) is 14.6. The van der Waals surface area contributed by atoms with E-state index in [4.69, 9.17) is 14.2 Å². The molecule has 1 fully saturated rings. The van der Waals surface area contributed by atoms with Crippen LogP contribution in [-0.2, 0) is 9.47 Å². The molecule has 3 aromatic rings. The minimum Gasteiger partial charge on any atom is -0.500 e. The highest BCUT2D eigenvalue weighted by molar-refractivity contribution is 6.08. The molecule has 32 heavy (non-hydrogen) atoms. The zero-order valence-electron chi connectivity index (χ0n) is 17.6. The van der Waals surface area contributed by atoms with E-state index >= 15 is 0 Å². The lowest BCUT2D eigenvalue weighted by molar-refractivity contribution is -0.159. The summed E-state index contributed by atoms with van der Waals surface area (Å²) in [5, 5.41) is 0. The molecule has 7 heteroatoms. The van der Waals surface area contributed by atoms with E-state index in [1.54, 1.807) is 44.3 Å². The van der Waals surface area contributed by atoms with Crippen molar-refractivity contribution in [2.75, 3.05) is 19.7 Å². The zero-order chi connectivity index (χ0) is 22.7. The zero-order valence-corrected chi connectivity index (χ0v) is 17.6. The van der Waals surface area contributed by atoms with Crippen molar-refractivity contribution in [3.63, 3.8) is 0 Å². The summed E-state index contributed by atoms with van der Waals surface area (Å²) >= 11 is 0. The molecule has 0 radical (unpaired) electrons. The fourth-order valence-electron chi connectivity index (χ4n) is 3.72. The molecule has 3 nitrogen and oxygen atoms in total. The average Bonchev–Trinajstić information content (AvgIpc) is 2.82. The van der Waals surface area contributed by atoms with E-state index in [0.717, 1.165) is 5.56 Å². The predicted octanol–water partition coefficient (Wildman–Crippen LogP) is 5.05. The molecule has 0 atom stereocenters. The monoisotopic (exact) mass is 438 g/mol. The molecule has 1 saturated heterocycles. The molecule has 4 rings (SSSR count). The maximum atomic E-state index is 14.9. The van der Waals surface area contributed by atoms with Crippen LogP contribution in [0.2, 0.25) is 0 Å². The average molecular weight is 438 g/mol. The maximum absolute atomic E-state index is 14.9. The fraction of sp³-hybridized carbons (Fsp3) is 0.200. The van der Waals surface area contributed by atoms with Crippen molar-refractivity contribution in [1.82, 2.24) is 0 Å². The number of hydrogen-bond acceptors (Lipinski definition) is 3. The molecular formula is C25H22BF3O3. The van der Waals surface area contributed by atoms with Crippen molar-refractivity contribution in [1.29, 1.82) is 0 Å². The van der Waals surface area contributed by atoms with Gasteiger partial charge in [0.1, 0.15) is 5.82 Å². The van der Waals surface area contributed by atoms with Crippen molar-refractivity contribution in [3.05, 3.63) is 90.3 Å². The van der Waals surface area contributed by atoms with Gasteiger partial charge in [-0.25, -0.2) is 8.78 Å². The van der Waals surface area contributed by atoms with Crippen LogP contribution in [0.1, 0.15) is 11.5 Å². The van der Waals surface area contributed by atoms with Gasteiger partial charge in [0.25, 0.3) is 0 Å². The Morgan fingerprint density at radius 2 is 1.53 bits per heavy atom. The van der Waals surface area contributed by atoms with Gasteiger partial charge in [-0.15, -0.1) is 0 Å². The van der Waals surface area contributed by atoms with Gasteiger partial charge in [-0.1, -0.05) is 43.0 Å². The second-order valence-electron chi connectivity index (χ2n) is 7.46. The van der Waals surface area contributed by atoms with E-state index in [-0.39, 0.29) is 29.6 Å². The Morgan fingerprint density at radius 1 is 0.906 bits per heavy atom. The molecule has 0 aromatic heterocycles. The Labute approximate surface area is 185 Å². The van der Waals surface area contributed by atoms with E-state index in [9.17, 15) is 13.2 Å². The smallest absolute Gasteiger partial charge is 0.201 e. The molecule has 0 saturated carbocycles. The largest absolute Gasteiger partial charge is 0.500 e. The molecule has 0 amide bonds. The first-order valence-corrected chi connectivity index (χ1v) is 10.4. The minimum absolute atomic E-state index is 0.0605. The van der Waals surface area contributed by atoms with Gasteiger partial charge in [0, 0.05) is 17.0 Å². The molecule has 3 aromatic carbocycles. The minimum atomic E-state index is -1.02. The molecule has 0 bridgehead atoms. The Morgan fingerprint density at radius 3 is 2.12 bits per heavy atom. The summed E-state index contributed by atoms with van der Waals surface area (Å²) < 4.78 is 59.7. The number of halogens is 3. The van der Waals surface area contributed by atoms with Crippen LogP contribution in [0.3, 0.4) is 0 Å². The third-order valence-electron chi connectivity index (χ3n) is 5.43. The number of hydrogen-bond donors (Lipinski definition) is 0. The summed E-state index contributed by atoms with van der Waals surface area (Å²) in [6.07, 6.45) is 1.15. The molecule has 0 aliphatic carbocycles. The molecule has 164 valence electrons. The summed E-state index contributed by atoms with van der Waals surface area (Å²) in [6.45, 7) is 4.72. The van der Waals surface area contributed by atoms with Crippen molar-refractivity contribution < 1.29 is 27.4 Å². The highest BCUT2D eigenvalue weighted by Gasteiger charge is 2.22. The van der Waals surface area contributed by atoms with Gasteiger partial charge in [0.15, 0.2) is 25.7 Å². The van der Waals surface area contributed by atoms with Crippen LogP contribution in [-0.4, -0.2) is 33.9 Å². The van der Waals surface area contributed by atoms with Crippen molar-refractivity contribution in [3.8, 4) is 28.0 Å². The standard InChI is InChI=1S/C25H22BF3O3/c1-2-23-30-12-18(13-31-23)17-7-8-19(21(27)11-17)15-3-5-16(6-4-15)20-9-10-22(32-14-26)25(29)24(20)28/h2-11,18,23H,1,12-14,26H2. The first-order valence-electron chi connectivity index (χ1n) is 10.4. The second kappa shape index (κ2) is 9.63. The topological polar surface area (TPSA) is 27.7 Å². The van der Waals surface area contributed by atoms with Gasteiger partial charge in [0.2, 0.25) is 5.82 Å². The first kappa shape index (κ1) is 22.2. The Kier molecular flexibility index (Phi) is 6.67. The van der Waals surface area contributed by atoms with E-state index in [0.29, 0.717) is 29.9 Å². The molecule has 1 aliphatic heterocycles. The number of ether oxygens (including phenoxy) is 3. The van der Waals surface area contributed by atoms with Gasteiger partial charge >= 0.3 is 0 Å². The van der Waals surface area contributed by atoms with Crippen LogP contribution in [0, 0.1) is 17.5 Å². The van der Waals surface area contributed by atoms with E-state index in [2.05, 4.69) is 6.58 Å². The summed E-state index contributed by atoms with van der Waals surface area (Å²) in [4.78, 5) is 0. The van der Waals surface area contributed by atoms with Crippen LogP contribution in [0.25, 0.3) is 22.3 Å². The highest BCUT2D eigenvalue weighted by atomic mass is 19.2. The van der Waals surface area contributed by atoms with Crippen LogP contribution in [0.5, 0.6) is 5.75 Å². The van der Waals surface area contributed by atoms with Gasteiger partial charge < -0.3 is 14.2 Å². The fourth-order valence-corrected chi connectivity index (χ4v) is 3.72. The summed E-state index contributed by atoms with van der Waals surface area (Å²) in [5.74, 6) is -2.56. The van der Waals surface area contributed by atoms with Gasteiger partial charge in [-0.2, -0.15) is 4.39 Å². The lowest BCUT2D eigenvalue weighted by Gasteiger charge is -2.28. The summed E-state index contributed by atoms with van der Waals surface area (Å²) in [5.41, 5.74) is 2.44.